The molecule has 0 atom stereocenters. The van der Waals surface area contributed by atoms with Crippen LogP contribution in [0.1, 0.15) is 0 Å². The lowest BCUT2D eigenvalue weighted by Gasteiger charge is -2.09. The molecule has 90 valence electrons. The van der Waals surface area contributed by atoms with Crippen molar-refractivity contribution in [3.05, 3.63) is 22.7 Å². The summed E-state index contributed by atoms with van der Waals surface area (Å²) in [7, 11) is 3.24. The van der Waals surface area contributed by atoms with Crippen LogP contribution >= 0.6 is 15.9 Å². The Hall–Kier alpha value is -0.780. The second-order valence-electron chi connectivity index (χ2n) is 2.99. The SMILES string of the molecule is COCCOCOc1cc(Br)cc(OC)c1. The predicted octanol–water partition coefficient (Wildman–Crippen LogP) is 2.46. The van der Waals surface area contributed by atoms with Gasteiger partial charge in [0, 0.05) is 17.6 Å². The zero-order chi connectivity index (χ0) is 11.8. The molecule has 0 bridgehead atoms. The number of halogens is 1. The molecule has 0 heterocycles. The Labute approximate surface area is 104 Å². The normalized spacial score (nSPS) is 10.2. The van der Waals surface area contributed by atoms with Gasteiger partial charge >= 0.3 is 0 Å². The zero-order valence-electron chi connectivity index (χ0n) is 9.36. The van der Waals surface area contributed by atoms with E-state index in [9.17, 15) is 0 Å². The van der Waals surface area contributed by atoms with Gasteiger partial charge in [-0.1, -0.05) is 15.9 Å². The molecule has 0 saturated carbocycles. The Balaban J connectivity index is 2.38. The molecule has 4 nitrogen and oxygen atoms in total. The molecule has 1 rings (SSSR count). The summed E-state index contributed by atoms with van der Waals surface area (Å²) in [6.45, 7) is 1.27. The van der Waals surface area contributed by atoms with Gasteiger partial charge < -0.3 is 18.9 Å². The number of ether oxygens (including phenoxy) is 4. The fourth-order valence-electron chi connectivity index (χ4n) is 1.05. The molecule has 0 aliphatic carbocycles. The maximum absolute atomic E-state index is 5.39. The third-order valence-electron chi connectivity index (χ3n) is 1.82. The van der Waals surface area contributed by atoms with Crippen molar-refractivity contribution in [1.29, 1.82) is 0 Å². The first-order valence-electron chi connectivity index (χ1n) is 4.80. The standard InChI is InChI=1S/C11H15BrO4/c1-13-3-4-15-8-16-11-6-9(12)5-10(7-11)14-2/h5-7H,3-4,8H2,1-2H3. The second kappa shape index (κ2) is 7.49. The summed E-state index contributed by atoms with van der Waals surface area (Å²) < 4.78 is 21.4. The zero-order valence-corrected chi connectivity index (χ0v) is 11.0. The highest BCUT2D eigenvalue weighted by Crippen LogP contribution is 2.25. The van der Waals surface area contributed by atoms with Gasteiger partial charge in [-0.3, -0.25) is 0 Å². The van der Waals surface area contributed by atoms with Gasteiger partial charge in [-0.25, -0.2) is 0 Å². The van der Waals surface area contributed by atoms with Crippen LogP contribution in [0.5, 0.6) is 11.5 Å². The molecular weight excluding hydrogens is 276 g/mol. The average molecular weight is 291 g/mol. The van der Waals surface area contributed by atoms with Gasteiger partial charge in [0.25, 0.3) is 0 Å². The average Bonchev–Trinajstić information content (AvgIpc) is 2.28. The van der Waals surface area contributed by atoms with Gasteiger partial charge in [0.05, 0.1) is 20.3 Å². The van der Waals surface area contributed by atoms with Crippen molar-refractivity contribution in [2.24, 2.45) is 0 Å². The molecule has 16 heavy (non-hydrogen) atoms. The van der Waals surface area contributed by atoms with Crippen molar-refractivity contribution in [3.63, 3.8) is 0 Å². The lowest BCUT2D eigenvalue weighted by molar-refractivity contribution is -0.00856. The quantitative estimate of drug-likeness (QED) is 0.571. The number of rotatable bonds is 7. The van der Waals surface area contributed by atoms with E-state index in [1.54, 1.807) is 20.3 Å². The van der Waals surface area contributed by atoms with Crippen LogP contribution in [0.3, 0.4) is 0 Å². The topological polar surface area (TPSA) is 36.9 Å². The van der Waals surface area contributed by atoms with Gasteiger partial charge in [0.15, 0.2) is 6.79 Å². The Morgan fingerprint density at radius 2 is 1.81 bits per heavy atom. The van der Waals surface area contributed by atoms with Gasteiger partial charge in [-0.05, 0) is 12.1 Å². The van der Waals surface area contributed by atoms with E-state index in [-0.39, 0.29) is 6.79 Å². The molecule has 0 aromatic heterocycles. The maximum Gasteiger partial charge on any atom is 0.189 e. The summed E-state index contributed by atoms with van der Waals surface area (Å²) in [5.41, 5.74) is 0. The molecule has 0 aliphatic heterocycles. The first-order chi connectivity index (χ1) is 7.76. The lowest BCUT2D eigenvalue weighted by atomic mass is 10.3. The van der Waals surface area contributed by atoms with Gasteiger partial charge in [-0.2, -0.15) is 0 Å². The summed E-state index contributed by atoms with van der Waals surface area (Å²) in [5.74, 6) is 1.44. The van der Waals surface area contributed by atoms with E-state index in [4.69, 9.17) is 18.9 Å². The van der Waals surface area contributed by atoms with Crippen molar-refractivity contribution < 1.29 is 18.9 Å². The number of benzene rings is 1. The van der Waals surface area contributed by atoms with E-state index >= 15 is 0 Å². The number of hydrogen-bond donors (Lipinski definition) is 0. The summed E-state index contributed by atoms with van der Waals surface area (Å²) in [5, 5.41) is 0. The van der Waals surface area contributed by atoms with E-state index in [1.165, 1.54) is 0 Å². The summed E-state index contributed by atoms with van der Waals surface area (Å²) in [6, 6.07) is 5.51. The summed E-state index contributed by atoms with van der Waals surface area (Å²) >= 11 is 3.37. The molecule has 1 aromatic carbocycles. The third kappa shape index (κ3) is 4.83. The first kappa shape index (κ1) is 13.3. The maximum atomic E-state index is 5.39. The van der Waals surface area contributed by atoms with Crippen LogP contribution in [0.4, 0.5) is 0 Å². The van der Waals surface area contributed by atoms with E-state index in [1.807, 2.05) is 12.1 Å². The largest absolute Gasteiger partial charge is 0.497 e. The van der Waals surface area contributed by atoms with Crippen molar-refractivity contribution in [2.75, 3.05) is 34.2 Å². The van der Waals surface area contributed by atoms with E-state index in [0.29, 0.717) is 19.0 Å². The molecule has 0 fully saturated rings. The van der Waals surface area contributed by atoms with E-state index in [0.717, 1.165) is 10.2 Å². The molecule has 0 aliphatic rings. The van der Waals surface area contributed by atoms with Crippen LogP contribution in [0.15, 0.2) is 22.7 Å². The second-order valence-corrected chi connectivity index (χ2v) is 3.91. The minimum atomic E-state index is 0.197. The Bertz CT molecular complexity index is 317. The number of methoxy groups -OCH3 is 2. The monoisotopic (exact) mass is 290 g/mol. The fourth-order valence-corrected chi connectivity index (χ4v) is 1.50. The van der Waals surface area contributed by atoms with Crippen LogP contribution in [-0.4, -0.2) is 34.2 Å². The van der Waals surface area contributed by atoms with Crippen molar-refractivity contribution in [2.45, 2.75) is 0 Å². The smallest absolute Gasteiger partial charge is 0.189 e. The molecule has 0 radical (unpaired) electrons. The molecule has 0 spiro atoms. The fraction of sp³-hybridized carbons (Fsp3) is 0.455. The van der Waals surface area contributed by atoms with E-state index in [2.05, 4.69) is 15.9 Å². The van der Waals surface area contributed by atoms with Crippen LogP contribution in [0, 0.1) is 0 Å². The van der Waals surface area contributed by atoms with E-state index < -0.39 is 0 Å². The Morgan fingerprint density at radius 1 is 1.06 bits per heavy atom. The highest BCUT2D eigenvalue weighted by molar-refractivity contribution is 9.10. The van der Waals surface area contributed by atoms with Crippen molar-refractivity contribution >= 4 is 15.9 Å². The molecular formula is C11H15BrO4. The number of hydrogen-bond acceptors (Lipinski definition) is 4. The van der Waals surface area contributed by atoms with Crippen molar-refractivity contribution in [3.8, 4) is 11.5 Å². The lowest BCUT2D eigenvalue weighted by Crippen LogP contribution is -2.07. The first-order valence-corrected chi connectivity index (χ1v) is 5.59. The Morgan fingerprint density at radius 3 is 2.50 bits per heavy atom. The molecule has 0 N–H and O–H groups in total. The van der Waals surface area contributed by atoms with Gasteiger partial charge in [-0.15, -0.1) is 0 Å². The predicted molar refractivity (Wildman–Crippen MR) is 64.0 cm³/mol. The summed E-state index contributed by atoms with van der Waals surface area (Å²) in [6.07, 6.45) is 0. The minimum absolute atomic E-state index is 0.197. The van der Waals surface area contributed by atoms with Gasteiger partial charge in [0.1, 0.15) is 11.5 Å². The van der Waals surface area contributed by atoms with Crippen LogP contribution < -0.4 is 9.47 Å². The highest BCUT2D eigenvalue weighted by Gasteiger charge is 2.00. The molecule has 0 unspecified atom stereocenters. The molecule has 0 saturated heterocycles. The van der Waals surface area contributed by atoms with Crippen molar-refractivity contribution in [1.82, 2.24) is 0 Å². The minimum Gasteiger partial charge on any atom is -0.497 e. The molecule has 1 aromatic rings. The van der Waals surface area contributed by atoms with Crippen LogP contribution in [0.2, 0.25) is 0 Å². The summed E-state index contributed by atoms with van der Waals surface area (Å²) in [4.78, 5) is 0. The highest BCUT2D eigenvalue weighted by atomic mass is 79.9. The molecule has 0 amide bonds. The molecule has 5 heteroatoms. The van der Waals surface area contributed by atoms with Gasteiger partial charge in [0.2, 0.25) is 0 Å². The van der Waals surface area contributed by atoms with Crippen LogP contribution in [0.25, 0.3) is 0 Å². The van der Waals surface area contributed by atoms with Crippen LogP contribution in [-0.2, 0) is 9.47 Å². The Kier molecular flexibility index (Phi) is 6.22. The third-order valence-corrected chi connectivity index (χ3v) is 2.28.